The first-order valence-electron chi connectivity index (χ1n) is 9.56. The molecule has 0 radical (unpaired) electrons. The van der Waals surface area contributed by atoms with E-state index in [4.69, 9.17) is 11.5 Å². The van der Waals surface area contributed by atoms with Gasteiger partial charge in [-0.05, 0) is 30.3 Å². The van der Waals surface area contributed by atoms with Crippen LogP contribution in [0.15, 0.2) is 55.1 Å². The van der Waals surface area contributed by atoms with Crippen LogP contribution in [0.1, 0.15) is 16.1 Å². The molecule has 0 fully saturated rings. The summed E-state index contributed by atoms with van der Waals surface area (Å²) in [6.07, 6.45) is 4.79. The average Bonchev–Trinajstić information content (AvgIpc) is 3.28. The summed E-state index contributed by atoms with van der Waals surface area (Å²) >= 11 is 0. The number of aromatic amines is 1. The Balaban J connectivity index is 1.67. The molecule has 3 heterocycles. The van der Waals surface area contributed by atoms with Gasteiger partial charge >= 0.3 is 0 Å². The minimum atomic E-state index is -0.975. The third-order valence-electron chi connectivity index (χ3n) is 4.74. The van der Waals surface area contributed by atoms with Crippen LogP contribution in [0.3, 0.4) is 0 Å². The van der Waals surface area contributed by atoms with E-state index in [1.54, 1.807) is 30.5 Å². The Morgan fingerprint density at radius 1 is 1.16 bits per heavy atom. The van der Waals surface area contributed by atoms with Crippen molar-refractivity contribution in [2.45, 2.75) is 12.5 Å². The van der Waals surface area contributed by atoms with Gasteiger partial charge in [0.1, 0.15) is 11.9 Å². The molecule has 1 unspecified atom stereocenters. The van der Waals surface area contributed by atoms with E-state index in [2.05, 4.69) is 30.6 Å². The van der Waals surface area contributed by atoms with Crippen molar-refractivity contribution in [3.8, 4) is 0 Å². The third kappa shape index (κ3) is 4.46. The van der Waals surface area contributed by atoms with Crippen molar-refractivity contribution in [1.82, 2.24) is 19.9 Å². The van der Waals surface area contributed by atoms with Gasteiger partial charge in [-0.1, -0.05) is 6.07 Å². The SMILES string of the molecule is NC(=O)c1cc(F)c(NC(Cc2cnc[nH]2)C(N)=O)nc1Nc1ccc2ncccc2c1. The van der Waals surface area contributed by atoms with Crippen LogP contribution in [0, 0.1) is 5.82 Å². The lowest BCUT2D eigenvalue weighted by atomic mass is 10.1. The van der Waals surface area contributed by atoms with E-state index in [0.717, 1.165) is 17.0 Å². The van der Waals surface area contributed by atoms with Crippen LogP contribution in [0.25, 0.3) is 10.9 Å². The van der Waals surface area contributed by atoms with Crippen LogP contribution in [0.4, 0.5) is 21.7 Å². The van der Waals surface area contributed by atoms with Crippen LogP contribution in [-0.2, 0) is 11.2 Å². The normalized spacial score (nSPS) is 11.8. The summed E-state index contributed by atoms with van der Waals surface area (Å²) in [4.78, 5) is 38.9. The number of primary amides is 2. The second-order valence-electron chi connectivity index (χ2n) is 7.00. The zero-order valence-electron chi connectivity index (χ0n) is 16.7. The molecule has 0 spiro atoms. The fraction of sp³-hybridized carbons (Fsp3) is 0.0952. The Hall–Kier alpha value is -4.54. The molecule has 4 rings (SSSR count). The number of nitrogens with zero attached hydrogens (tertiary/aromatic N) is 3. The van der Waals surface area contributed by atoms with E-state index < -0.39 is 23.7 Å². The predicted molar refractivity (Wildman–Crippen MR) is 117 cm³/mol. The first kappa shape index (κ1) is 20.7. The molecule has 3 aromatic heterocycles. The molecule has 0 aliphatic heterocycles. The van der Waals surface area contributed by atoms with Gasteiger partial charge in [-0.25, -0.2) is 14.4 Å². The molecule has 0 aliphatic carbocycles. The number of H-pyrrole nitrogens is 1. The number of benzene rings is 1. The fourth-order valence-corrected chi connectivity index (χ4v) is 3.17. The zero-order chi connectivity index (χ0) is 22.7. The van der Waals surface area contributed by atoms with Crippen molar-refractivity contribution in [3.63, 3.8) is 0 Å². The minimum Gasteiger partial charge on any atom is -0.368 e. The van der Waals surface area contributed by atoms with Gasteiger partial charge in [0.2, 0.25) is 5.91 Å². The van der Waals surface area contributed by atoms with Crippen LogP contribution >= 0.6 is 0 Å². The van der Waals surface area contributed by atoms with Crippen molar-refractivity contribution < 1.29 is 14.0 Å². The molecule has 0 bridgehead atoms. The van der Waals surface area contributed by atoms with Crippen LogP contribution in [0.2, 0.25) is 0 Å². The summed E-state index contributed by atoms with van der Waals surface area (Å²) in [5, 5.41) is 6.53. The number of hydrogen-bond donors (Lipinski definition) is 5. The number of rotatable bonds is 8. The highest BCUT2D eigenvalue weighted by atomic mass is 19.1. The monoisotopic (exact) mass is 434 g/mol. The standard InChI is InChI=1S/C21H19FN8O2/c22-15-8-14(18(23)31)20(28-12-3-4-16-11(6-12)2-1-5-26-16)30-21(15)29-17(19(24)32)7-13-9-25-10-27-13/h1-6,8-10,17H,7H2,(H2,23,31)(H2,24,32)(H,25,27)(H2,28,29,30). The van der Waals surface area contributed by atoms with E-state index in [-0.39, 0.29) is 23.6 Å². The maximum Gasteiger partial charge on any atom is 0.252 e. The number of nitrogens with one attached hydrogen (secondary N) is 3. The second kappa shape index (κ2) is 8.68. The van der Waals surface area contributed by atoms with Gasteiger partial charge in [-0.15, -0.1) is 0 Å². The minimum absolute atomic E-state index is 0.0226. The molecule has 4 aromatic rings. The number of nitrogens with two attached hydrogens (primary N) is 2. The molecular weight excluding hydrogens is 415 g/mol. The summed E-state index contributed by atoms with van der Waals surface area (Å²) in [6, 6.07) is 8.98. The van der Waals surface area contributed by atoms with E-state index in [1.165, 1.54) is 12.5 Å². The average molecular weight is 434 g/mol. The molecule has 2 amide bonds. The second-order valence-corrected chi connectivity index (χ2v) is 7.00. The highest BCUT2D eigenvalue weighted by molar-refractivity contribution is 5.99. The van der Waals surface area contributed by atoms with Crippen LogP contribution in [-0.4, -0.2) is 37.8 Å². The topological polar surface area (TPSA) is 165 Å². The Morgan fingerprint density at radius 2 is 2.00 bits per heavy atom. The predicted octanol–water partition coefficient (Wildman–Crippen LogP) is 1.84. The molecular formula is C21H19FN8O2. The van der Waals surface area contributed by atoms with Gasteiger partial charge in [0.15, 0.2) is 11.6 Å². The van der Waals surface area contributed by atoms with Gasteiger partial charge in [0, 0.05) is 35.6 Å². The highest BCUT2D eigenvalue weighted by Crippen LogP contribution is 2.26. The molecule has 0 aliphatic rings. The summed E-state index contributed by atoms with van der Waals surface area (Å²) in [5.74, 6) is -2.67. The largest absolute Gasteiger partial charge is 0.368 e. The molecule has 11 heteroatoms. The molecule has 1 atom stereocenters. The number of pyridine rings is 2. The highest BCUT2D eigenvalue weighted by Gasteiger charge is 2.22. The maximum absolute atomic E-state index is 14.7. The van der Waals surface area contributed by atoms with E-state index in [0.29, 0.717) is 11.4 Å². The fourth-order valence-electron chi connectivity index (χ4n) is 3.17. The first-order chi connectivity index (χ1) is 15.4. The Kier molecular flexibility index (Phi) is 5.62. The summed E-state index contributed by atoms with van der Waals surface area (Å²) in [6.45, 7) is 0. The molecule has 162 valence electrons. The number of hydrogen-bond acceptors (Lipinski definition) is 7. The van der Waals surface area contributed by atoms with Gasteiger partial charge < -0.3 is 27.1 Å². The quantitative estimate of drug-likeness (QED) is 0.282. The Bertz CT molecular complexity index is 1290. The molecule has 32 heavy (non-hydrogen) atoms. The number of carbonyl (C=O) groups is 2. The zero-order valence-corrected chi connectivity index (χ0v) is 16.7. The van der Waals surface area contributed by atoms with Crippen molar-refractivity contribution in [1.29, 1.82) is 0 Å². The number of fused-ring (bicyclic) bond motifs is 1. The molecule has 1 aromatic carbocycles. The van der Waals surface area contributed by atoms with E-state index in [1.807, 2.05) is 6.07 Å². The molecule has 0 saturated carbocycles. The number of anilines is 3. The molecule has 0 saturated heterocycles. The Labute approximate surface area is 181 Å². The number of imidazole rings is 1. The van der Waals surface area contributed by atoms with Crippen molar-refractivity contribution in [2.24, 2.45) is 11.5 Å². The number of halogens is 1. The van der Waals surface area contributed by atoms with Crippen LogP contribution < -0.4 is 22.1 Å². The van der Waals surface area contributed by atoms with Crippen molar-refractivity contribution in [3.05, 3.63) is 72.2 Å². The van der Waals surface area contributed by atoms with Crippen molar-refractivity contribution >= 4 is 40.0 Å². The first-order valence-corrected chi connectivity index (χ1v) is 9.56. The maximum atomic E-state index is 14.7. The number of aromatic nitrogens is 4. The molecule has 7 N–H and O–H groups in total. The summed E-state index contributed by atoms with van der Waals surface area (Å²) in [7, 11) is 0. The lowest BCUT2D eigenvalue weighted by molar-refractivity contribution is -0.118. The van der Waals surface area contributed by atoms with Gasteiger partial charge in [0.05, 0.1) is 17.4 Å². The number of amides is 2. The smallest absolute Gasteiger partial charge is 0.252 e. The summed E-state index contributed by atoms with van der Waals surface area (Å²) in [5.41, 5.74) is 12.7. The van der Waals surface area contributed by atoms with Gasteiger partial charge in [-0.3, -0.25) is 14.6 Å². The summed E-state index contributed by atoms with van der Waals surface area (Å²) < 4.78 is 14.7. The molecule has 10 nitrogen and oxygen atoms in total. The lowest BCUT2D eigenvalue weighted by Gasteiger charge is -2.18. The Morgan fingerprint density at radius 3 is 2.72 bits per heavy atom. The van der Waals surface area contributed by atoms with E-state index >= 15 is 0 Å². The van der Waals surface area contributed by atoms with Crippen molar-refractivity contribution in [2.75, 3.05) is 10.6 Å². The van der Waals surface area contributed by atoms with Gasteiger partial charge in [0.25, 0.3) is 5.91 Å². The number of carbonyl (C=O) groups excluding carboxylic acids is 2. The van der Waals surface area contributed by atoms with Gasteiger partial charge in [-0.2, -0.15) is 0 Å². The van der Waals surface area contributed by atoms with E-state index in [9.17, 15) is 14.0 Å². The lowest BCUT2D eigenvalue weighted by Crippen LogP contribution is -2.38. The third-order valence-corrected chi connectivity index (χ3v) is 4.74. The van der Waals surface area contributed by atoms with Crippen LogP contribution in [0.5, 0.6) is 0 Å².